The van der Waals surface area contributed by atoms with Crippen molar-refractivity contribution in [1.29, 1.82) is 0 Å². The van der Waals surface area contributed by atoms with Gasteiger partial charge in [0.15, 0.2) is 0 Å². The van der Waals surface area contributed by atoms with E-state index in [0.29, 0.717) is 10.3 Å². The monoisotopic (exact) mass is 301 g/mol. The summed E-state index contributed by atoms with van der Waals surface area (Å²) in [4.78, 5) is 27.5. The Morgan fingerprint density at radius 1 is 1.65 bits per heavy atom. The normalized spacial score (nSPS) is 12.2. The molecule has 94 valence electrons. The number of nitrogens with one attached hydrogen (secondary N) is 1. The summed E-state index contributed by atoms with van der Waals surface area (Å²) in [7, 11) is 0. The predicted octanol–water partition coefficient (Wildman–Crippen LogP) is 1.23. The quantitative estimate of drug-likeness (QED) is 0.910. The van der Waals surface area contributed by atoms with Crippen molar-refractivity contribution in [2.45, 2.75) is 39.8 Å². The number of carbonyl (C=O) groups excluding carboxylic acids is 1. The van der Waals surface area contributed by atoms with Crippen LogP contribution in [-0.2, 0) is 11.3 Å². The predicted molar refractivity (Wildman–Crippen MR) is 68.8 cm³/mol. The van der Waals surface area contributed by atoms with Crippen LogP contribution in [0.2, 0.25) is 0 Å². The van der Waals surface area contributed by atoms with E-state index in [0.717, 1.165) is 6.42 Å². The molecule has 1 amide bonds. The van der Waals surface area contributed by atoms with Crippen LogP contribution in [0.3, 0.4) is 0 Å². The maximum atomic E-state index is 11.8. The van der Waals surface area contributed by atoms with Crippen molar-refractivity contribution in [3.63, 3.8) is 0 Å². The van der Waals surface area contributed by atoms with E-state index < -0.39 is 0 Å². The number of amides is 1. The van der Waals surface area contributed by atoms with E-state index in [4.69, 9.17) is 0 Å². The van der Waals surface area contributed by atoms with E-state index in [1.165, 1.54) is 10.8 Å². The van der Waals surface area contributed by atoms with E-state index in [-0.39, 0.29) is 24.1 Å². The summed E-state index contributed by atoms with van der Waals surface area (Å²) < 4.78 is 1.71. The molecule has 0 spiro atoms. The van der Waals surface area contributed by atoms with Crippen molar-refractivity contribution in [3.05, 3.63) is 26.8 Å². The molecule has 1 heterocycles. The number of nitrogens with zero attached hydrogens (tertiary/aromatic N) is 2. The largest absolute Gasteiger partial charge is 0.352 e. The Kier molecular flexibility index (Phi) is 4.86. The summed E-state index contributed by atoms with van der Waals surface area (Å²) in [5, 5.41) is 2.81. The van der Waals surface area contributed by atoms with Gasteiger partial charge in [0.05, 0.1) is 0 Å². The second kappa shape index (κ2) is 5.95. The van der Waals surface area contributed by atoms with Crippen molar-refractivity contribution in [2.24, 2.45) is 0 Å². The van der Waals surface area contributed by atoms with Gasteiger partial charge < -0.3 is 5.32 Å². The number of halogens is 1. The first-order chi connectivity index (χ1) is 7.95. The third-order valence-electron chi connectivity index (χ3n) is 2.53. The summed E-state index contributed by atoms with van der Waals surface area (Å²) in [6.07, 6.45) is 2.30. The number of aryl methyl sites for hydroxylation is 1. The van der Waals surface area contributed by atoms with Crippen molar-refractivity contribution < 1.29 is 4.79 Å². The van der Waals surface area contributed by atoms with Crippen LogP contribution >= 0.6 is 15.9 Å². The lowest BCUT2D eigenvalue weighted by molar-refractivity contribution is -0.122. The minimum atomic E-state index is -0.239. The van der Waals surface area contributed by atoms with Crippen molar-refractivity contribution >= 4 is 21.8 Å². The molecule has 0 aliphatic rings. The van der Waals surface area contributed by atoms with Crippen LogP contribution in [-0.4, -0.2) is 21.5 Å². The first-order valence-electron chi connectivity index (χ1n) is 5.47. The van der Waals surface area contributed by atoms with Crippen LogP contribution in [0.4, 0.5) is 0 Å². The molecule has 0 aliphatic carbocycles. The lowest BCUT2D eigenvalue weighted by Gasteiger charge is -2.13. The molecule has 1 aromatic rings. The standard InChI is InChI=1S/C11H16BrN3O2/c1-4-7(2)14-10(16)6-15-8(3)13-5-9(12)11(15)17/h5,7H,4,6H2,1-3H3,(H,14,16). The molecule has 6 heteroatoms. The molecule has 0 saturated carbocycles. The number of carbonyl (C=O) groups is 1. The second-order valence-corrected chi connectivity index (χ2v) is 4.78. The number of aromatic nitrogens is 2. The van der Waals surface area contributed by atoms with Crippen molar-refractivity contribution in [2.75, 3.05) is 0 Å². The first-order valence-corrected chi connectivity index (χ1v) is 6.26. The summed E-state index contributed by atoms with van der Waals surface area (Å²) in [5.41, 5.74) is -0.239. The minimum Gasteiger partial charge on any atom is -0.352 e. The molecule has 1 N–H and O–H groups in total. The Bertz CT molecular complexity index is 470. The second-order valence-electron chi connectivity index (χ2n) is 3.92. The molecule has 1 unspecified atom stereocenters. The van der Waals surface area contributed by atoms with Gasteiger partial charge in [0, 0.05) is 12.2 Å². The van der Waals surface area contributed by atoms with Crippen LogP contribution in [0.15, 0.2) is 15.5 Å². The Labute approximate surface area is 108 Å². The minimum absolute atomic E-state index is 0.00144. The van der Waals surface area contributed by atoms with Crippen LogP contribution in [0.5, 0.6) is 0 Å². The highest BCUT2D eigenvalue weighted by Crippen LogP contribution is 2.01. The lowest BCUT2D eigenvalue weighted by Crippen LogP contribution is -2.38. The fourth-order valence-corrected chi connectivity index (χ4v) is 1.62. The average Bonchev–Trinajstić information content (AvgIpc) is 2.29. The highest BCUT2D eigenvalue weighted by molar-refractivity contribution is 9.10. The molecule has 0 aromatic carbocycles. The van der Waals surface area contributed by atoms with Gasteiger partial charge in [-0.15, -0.1) is 0 Å². The fourth-order valence-electron chi connectivity index (χ4n) is 1.30. The number of hydrogen-bond acceptors (Lipinski definition) is 3. The Balaban J connectivity index is 2.85. The Hall–Kier alpha value is -1.17. The van der Waals surface area contributed by atoms with E-state index in [2.05, 4.69) is 26.2 Å². The summed E-state index contributed by atoms with van der Waals surface area (Å²) in [5.74, 6) is 0.349. The van der Waals surface area contributed by atoms with E-state index >= 15 is 0 Å². The molecular weight excluding hydrogens is 286 g/mol. The fraction of sp³-hybridized carbons (Fsp3) is 0.545. The summed E-state index contributed by atoms with van der Waals surface area (Å²) >= 11 is 3.11. The van der Waals surface area contributed by atoms with Crippen molar-refractivity contribution in [1.82, 2.24) is 14.9 Å². The zero-order valence-electron chi connectivity index (χ0n) is 10.2. The molecule has 1 aromatic heterocycles. The van der Waals surface area contributed by atoms with E-state index in [9.17, 15) is 9.59 Å². The molecule has 1 atom stereocenters. The Morgan fingerprint density at radius 3 is 2.88 bits per heavy atom. The van der Waals surface area contributed by atoms with Crippen LogP contribution < -0.4 is 10.9 Å². The third kappa shape index (κ3) is 3.66. The SMILES string of the molecule is CCC(C)NC(=O)Cn1c(C)ncc(Br)c1=O. The van der Waals surface area contributed by atoms with Gasteiger partial charge in [-0.2, -0.15) is 0 Å². The zero-order valence-corrected chi connectivity index (χ0v) is 11.7. The van der Waals surface area contributed by atoms with Gasteiger partial charge in [-0.05, 0) is 36.2 Å². The molecule has 0 bridgehead atoms. The van der Waals surface area contributed by atoms with Gasteiger partial charge >= 0.3 is 0 Å². The number of hydrogen-bond donors (Lipinski definition) is 1. The zero-order chi connectivity index (χ0) is 13.0. The van der Waals surface area contributed by atoms with Crippen LogP contribution in [0, 0.1) is 6.92 Å². The first kappa shape index (κ1) is 13.9. The average molecular weight is 302 g/mol. The Morgan fingerprint density at radius 2 is 2.29 bits per heavy atom. The van der Waals surface area contributed by atoms with Gasteiger partial charge in [0.1, 0.15) is 16.8 Å². The molecule has 0 fully saturated rings. The smallest absolute Gasteiger partial charge is 0.268 e. The molecule has 17 heavy (non-hydrogen) atoms. The van der Waals surface area contributed by atoms with E-state index in [1.807, 2.05) is 13.8 Å². The molecular formula is C11H16BrN3O2. The highest BCUT2D eigenvalue weighted by atomic mass is 79.9. The van der Waals surface area contributed by atoms with Gasteiger partial charge in [0.25, 0.3) is 5.56 Å². The van der Waals surface area contributed by atoms with Crippen LogP contribution in [0.25, 0.3) is 0 Å². The van der Waals surface area contributed by atoms with Gasteiger partial charge in [-0.1, -0.05) is 6.92 Å². The summed E-state index contributed by atoms with van der Waals surface area (Å²) in [6.45, 7) is 5.61. The van der Waals surface area contributed by atoms with Gasteiger partial charge in [0.2, 0.25) is 5.91 Å². The summed E-state index contributed by atoms with van der Waals surface area (Å²) in [6, 6.07) is 0.110. The third-order valence-corrected chi connectivity index (χ3v) is 3.07. The highest BCUT2D eigenvalue weighted by Gasteiger charge is 2.11. The molecule has 0 saturated heterocycles. The number of rotatable bonds is 4. The molecule has 0 radical (unpaired) electrons. The molecule has 0 aliphatic heterocycles. The lowest BCUT2D eigenvalue weighted by atomic mass is 10.2. The van der Waals surface area contributed by atoms with Crippen LogP contribution in [0.1, 0.15) is 26.1 Å². The maximum Gasteiger partial charge on any atom is 0.268 e. The van der Waals surface area contributed by atoms with Crippen molar-refractivity contribution in [3.8, 4) is 0 Å². The van der Waals surface area contributed by atoms with Gasteiger partial charge in [-0.25, -0.2) is 4.98 Å². The van der Waals surface area contributed by atoms with Gasteiger partial charge in [-0.3, -0.25) is 14.2 Å². The topological polar surface area (TPSA) is 64.0 Å². The van der Waals surface area contributed by atoms with E-state index in [1.54, 1.807) is 6.92 Å². The molecule has 1 rings (SSSR count). The maximum absolute atomic E-state index is 11.8. The molecule has 5 nitrogen and oxygen atoms in total.